The minimum absolute atomic E-state index is 0.140. The molecule has 1 aliphatic carbocycles. The molecule has 0 spiro atoms. The third-order valence-electron chi connectivity index (χ3n) is 2.60. The third-order valence-corrected chi connectivity index (χ3v) is 4.20. The van der Waals surface area contributed by atoms with Crippen LogP contribution in [0, 0.1) is 0 Å². The maximum Gasteiger partial charge on any atom is 0.279 e. The lowest BCUT2D eigenvalue weighted by molar-refractivity contribution is -0.121. The Morgan fingerprint density at radius 1 is 1.23 bits per heavy atom. The summed E-state index contributed by atoms with van der Waals surface area (Å²) < 4.78 is 29.2. The van der Waals surface area contributed by atoms with Crippen LogP contribution in [0.1, 0.15) is 32.1 Å². The maximum absolute atomic E-state index is 11.0. The van der Waals surface area contributed by atoms with E-state index in [2.05, 4.69) is 0 Å². The lowest BCUT2D eigenvalue weighted by atomic mass is 9.88. The maximum atomic E-state index is 11.0. The Morgan fingerprint density at radius 3 is 1.92 bits per heavy atom. The van der Waals surface area contributed by atoms with Gasteiger partial charge in [-0.1, -0.05) is 19.3 Å². The highest BCUT2D eigenvalue weighted by molar-refractivity contribution is 7.88. The summed E-state index contributed by atoms with van der Waals surface area (Å²) in [5, 5.41) is 0. The Morgan fingerprint density at radius 2 is 1.69 bits per heavy atom. The van der Waals surface area contributed by atoms with Crippen molar-refractivity contribution in [2.45, 2.75) is 36.9 Å². The molecule has 0 saturated heterocycles. The van der Waals surface area contributed by atoms with Gasteiger partial charge in [-0.3, -0.25) is 9.35 Å². The van der Waals surface area contributed by atoms with Gasteiger partial charge in [0.15, 0.2) is 4.75 Å². The van der Waals surface area contributed by atoms with Crippen molar-refractivity contribution >= 4 is 16.0 Å². The Labute approximate surface area is 77.1 Å². The number of hydrogen-bond donors (Lipinski definition) is 2. The molecule has 0 bridgehead atoms. The number of rotatable bonds is 2. The normalized spacial score (nSPS) is 22.5. The van der Waals surface area contributed by atoms with Crippen molar-refractivity contribution in [3.8, 4) is 0 Å². The van der Waals surface area contributed by atoms with Gasteiger partial charge in [0.1, 0.15) is 0 Å². The number of amides is 1. The minimum Gasteiger partial charge on any atom is -0.368 e. The van der Waals surface area contributed by atoms with Gasteiger partial charge in [-0.2, -0.15) is 8.42 Å². The van der Waals surface area contributed by atoms with Crippen molar-refractivity contribution in [3.05, 3.63) is 0 Å². The highest BCUT2D eigenvalue weighted by Gasteiger charge is 2.49. The highest BCUT2D eigenvalue weighted by atomic mass is 32.2. The van der Waals surface area contributed by atoms with Crippen molar-refractivity contribution < 1.29 is 17.8 Å². The molecule has 5 nitrogen and oxygen atoms in total. The first-order valence-corrected chi connectivity index (χ1v) is 5.61. The molecule has 0 aromatic rings. The van der Waals surface area contributed by atoms with Crippen LogP contribution in [0.25, 0.3) is 0 Å². The Kier molecular flexibility index (Phi) is 2.63. The van der Waals surface area contributed by atoms with E-state index >= 15 is 0 Å². The zero-order chi connectivity index (χ0) is 10.1. The summed E-state index contributed by atoms with van der Waals surface area (Å²) in [7, 11) is -4.36. The van der Waals surface area contributed by atoms with E-state index in [1.54, 1.807) is 0 Å². The van der Waals surface area contributed by atoms with Crippen LogP contribution in [0.15, 0.2) is 0 Å². The van der Waals surface area contributed by atoms with Crippen LogP contribution in [0.3, 0.4) is 0 Å². The van der Waals surface area contributed by atoms with Crippen molar-refractivity contribution in [2.75, 3.05) is 0 Å². The Balaban J connectivity index is 3.07. The molecule has 0 aromatic carbocycles. The van der Waals surface area contributed by atoms with E-state index in [1.807, 2.05) is 0 Å². The average molecular weight is 207 g/mol. The van der Waals surface area contributed by atoms with Crippen LogP contribution in [0.4, 0.5) is 0 Å². The van der Waals surface area contributed by atoms with E-state index in [9.17, 15) is 13.2 Å². The van der Waals surface area contributed by atoms with Crippen molar-refractivity contribution in [1.29, 1.82) is 0 Å². The van der Waals surface area contributed by atoms with Gasteiger partial charge < -0.3 is 5.73 Å². The fourth-order valence-corrected chi connectivity index (χ4v) is 2.81. The van der Waals surface area contributed by atoms with E-state index in [1.165, 1.54) is 0 Å². The molecule has 3 N–H and O–H groups in total. The average Bonchev–Trinajstić information content (AvgIpc) is 2.03. The summed E-state index contributed by atoms with van der Waals surface area (Å²) in [6.07, 6.45) is 2.39. The molecule has 13 heavy (non-hydrogen) atoms. The van der Waals surface area contributed by atoms with Crippen LogP contribution in [0.2, 0.25) is 0 Å². The first-order valence-electron chi connectivity index (χ1n) is 4.17. The molecule has 1 amide bonds. The van der Waals surface area contributed by atoms with Crippen molar-refractivity contribution in [3.63, 3.8) is 0 Å². The van der Waals surface area contributed by atoms with Crippen molar-refractivity contribution in [2.24, 2.45) is 5.73 Å². The zero-order valence-electron chi connectivity index (χ0n) is 7.19. The SMILES string of the molecule is NC(=O)C1(S(=O)(=O)O)CCCCC1. The highest BCUT2D eigenvalue weighted by Crippen LogP contribution is 2.34. The molecule has 0 radical (unpaired) electrons. The fraction of sp³-hybridized carbons (Fsp3) is 0.857. The van der Waals surface area contributed by atoms with Gasteiger partial charge in [0, 0.05) is 0 Å². The predicted molar refractivity (Wildman–Crippen MR) is 46.6 cm³/mol. The van der Waals surface area contributed by atoms with Gasteiger partial charge in [0.25, 0.3) is 10.1 Å². The van der Waals surface area contributed by atoms with Gasteiger partial charge in [0.05, 0.1) is 0 Å². The van der Waals surface area contributed by atoms with Crippen LogP contribution in [-0.2, 0) is 14.9 Å². The number of nitrogens with two attached hydrogens (primary N) is 1. The van der Waals surface area contributed by atoms with E-state index < -0.39 is 20.8 Å². The first-order chi connectivity index (χ1) is 5.90. The van der Waals surface area contributed by atoms with Crippen LogP contribution in [-0.4, -0.2) is 23.6 Å². The molecule has 1 rings (SSSR count). The molecule has 0 aromatic heterocycles. The Bertz CT molecular complexity index is 302. The number of hydrogen-bond acceptors (Lipinski definition) is 3. The van der Waals surface area contributed by atoms with Gasteiger partial charge in [-0.15, -0.1) is 0 Å². The second-order valence-electron chi connectivity index (χ2n) is 3.39. The van der Waals surface area contributed by atoms with Crippen LogP contribution >= 0.6 is 0 Å². The molecular weight excluding hydrogens is 194 g/mol. The zero-order valence-corrected chi connectivity index (χ0v) is 8.01. The molecule has 0 aliphatic heterocycles. The quantitative estimate of drug-likeness (QED) is 0.626. The molecule has 76 valence electrons. The van der Waals surface area contributed by atoms with Gasteiger partial charge in [0.2, 0.25) is 5.91 Å². The largest absolute Gasteiger partial charge is 0.368 e. The molecule has 0 atom stereocenters. The standard InChI is InChI=1S/C7H13NO4S/c8-6(9)7(13(10,11)12)4-2-1-3-5-7/h1-5H2,(H2,8,9)(H,10,11,12). The molecule has 1 aliphatic rings. The number of carbonyl (C=O) groups is 1. The Hall–Kier alpha value is -0.620. The topological polar surface area (TPSA) is 97.5 Å². The molecule has 6 heteroatoms. The molecule has 0 heterocycles. The van der Waals surface area contributed by atoms with Crippen LogP contribution in [0.5, 0.6) is 0 Å². The van der Waals surface area contributed by atoms with Crippen molar-refractivity contribution in [1.82, 2.24) is 0 Å². The second kappa shape index (κ2) is 3.26. The minimum atomic E-state index is -4.36. The summed E-state index contributed by atoms with van der Waals surface area (Å²) in [6.45, 7) is 0. The predicted octanol–water partition coefficient (Wildman–Crippen LogP) is 0.0624. The molecule has 1 fully saturated rings. The summed E-state index contributed by atoms with van der Waals surface area (Å²) >= 11 is 0. The second-order valence-corrected chi connectivity index (χ2v) is 5.13. The lowest BCUT2D eigenvalue weighted by Crippen LogP contribution is -2.51. The van der Waals surface area contributed by atoms with Gasteiger partial charge in [-0.05, 0) is 12.8 Å². The number of carbonyl (C=O) groups excluding carboxylic acids is 1. The fourth-order valence-electron chi connectivity index (χ4n) is 1.75. The lowest BCUT2D eigenvalue weighted by Gasteiger charge is -2.30. The number of primary amides is 1. The van der Waals surface area contributed by atoms with Gasteiger partial charge in [-0.25, -0.2) is 0 Å². The van der Waals surface area contributed by atoms with E-state index in [-0.39, 0.29) is 12.8 Å². The summed E-state index contributed by atoms with van der Waals surface area (Å²) in [4.78, 5) is 11.0. The first kappa shape index (κ1) is 10.5. The van der Waals surface area contributed by atoms with E-state index in [0.717, 1.165) is 6.42 Å². The summed E-state index contributed by atoms with van der Waals surface area (Å²) in [6, 6.07) is 0. The monoisotopic (exact) mass is 207 g/mol. The summed E-state index contributed by atoms with van der Waals surface area (Å²) in [5.41, 5.74) is 5.01. The van der Waals surface area contributed by atoms with E-state index in [4.69, 9.17) is 10.3 Å². The van der Waals surface area contributed by atoms with Gasteiger partial charge >= 0.3 is 0 Å². The van der Waals surface area contributed by atoms with Crippen LogP contribution < -0.4 is 5.73 Å². The molecule has 0 unspecified atom stereocenters. The molecule has 1 saturated carbocycles. The summed E-state index contributed by atoms with van der Waals surface area (Å²) in [5.74, 6) is -0.935. The third kappa shape index (κ3) is 1.68. The molecular formula is C7H13NO4S. The smallest absolute Gasteiger partial charge is 0.279 e. The van der Waals surface area contributed by atoms with E-state index in [0.29, 0.717) is 12.8 Å².